The highest BCUT2D eigenvalue weighted by Crippen LogP contribution is 2.33. The van der Waals surface area contributed by atoms with Gasteiger partial charge in [-0.3, -0.25) is 9.17 Å². The fraction of sp³-hybridized carbons (Fsp3) is 0.500. The predicted octanol–water partition coefficient (Wildman–Crippen LogP) is 0.0358. The number of benzene rings is 1. The number of H-pyrrole nitrogens is 1. The summed E-state index contributed by atoms with van der Waals surface area (Å²) in [7, 11) is -4.06. The number of anilines is 2. The molecule has 30 heavy (non-hydrogen) atoms. The molecular weight excluding hydrogens is 412 g/mol. The van der Waals surface area contributed by atoms with Gasteiger partial charge in [-0.1, -0.05) is 24.3 Å². The molecule has 2 aliphatic rings. The largest absolute Gasteiger partial charge is 0.393 e. The molecule has 1 heterocycles. The Bertz CT molecular complexity index is 1070. The van der Waals surface area contributed by atoms with Gasteiger partial charge in [0.2, 0.25) is 11.9 Å². The van der Waals surface area contributed by atoms with E-state index in [-0.39, 0.29) is 30.6 Å². The van der Waals surface area contributed by atoms with Gasteiger partial charge in [0.05, 0.1) is 18.8 Å². The number of aromatic amines is 1. The maximum absolute atomic E-state index is 12.0. The van der Waals surface area contributed by atoms with Gasteiger partial charge in [-0.05, 0) is 36.8 Å². The predicted molar refractivity (Wildman–Crippen MR) is 109 cm³/mol. The smallest absolute Gasteiger partial charge is 0.350 e. The molecule has 0 bridgehead atoms. The first-order valence-corrected chi connectivity index (χ1v) is 11.2. The summed E-state index contributed by atoms with van der Waals surface area (Å²) >= 11 is 0. The Hall–Kier alpha value is -2.54. The molecule has 0 radical (unpaired) electrons. The molecular formula is C18H24N6O5S. The van der Waals surface area contributed by atoms with Crippen molar-refractivity contribution in [1.29, 1.82) is 0 Å². The molecule has 1 aromatic carbocycles. The van der Waals surface area contributed by atoms with Crippen LogP contribution >= 0.6 is 0 Å². The highest BCUT2D eigenvalue weighted by molar-refractivity contribution is 7.84. The molecule has 1 aromatic heterocycles. The molecule has 0 saturated heterocycles. The quantitative estimate of drug-likeness (QED) is 0.401. The summed E-state index contributed by atoms with van der Waals surface area (Å²) in [6.45, 7) is -0.202. The standard InChI is InChI=1S/C18H24N6O5S/c19-30(27,28)29-9-11-7-12(8-15(11)25)20-16-22-17(24-18(26)23-16)21-14-6-5-10-3-1-2-4-13(10)14/h1-4,11-12,14-15,25H,5-9H2,(H2,19,27,28)(H3,20,21,22,23,24,26)/t11-,12+,14-,15-/m0/s1. The zero-order valence-corrected chi connectivity index (χ0v) is 16.9. The van der Waals surface area contributed by atoms with Crippen LogP contribution in [0, 0.1) is 5.92 Å². The first-order valence-electron chi connectivity index (χ1n) is 9.71. The minimum absolute atomic E-state index is 0.0314. The molecule has 0 unspecified atom stereocenters. The summed E-state index contributed by atoms with van der Waals surface area (Å²) in [6.07, 6.45) is 1.86. The molecule has 6 N–H and O–H groups in total. The van der Waals surface area contributed by atoms with Gasteiger partial charge in [0, 0.05) is 12.0 Å². The molecule has 0 aliphatic heterocycles. The molecule has 0 amide bonds. The van der Waals surface area contributed by atoms with E-state index in [9.17, 15) is 18.3 Å². The third kappa shape index (κ3) is 4.95. The number of hydrogen-bond donors (Lipinski definition) is 5. The lowest BCUT2D eigenvalue weighted by Crippen LogP contribution is -2.25. The number of hydrogen-bond acceptors (Lipinski definition) is 9. The van der Waals surface area contributed by atoms with E-state index in [0.29, 0.717) is 12.8 Å². The summed E-state index contributed by atoms with van der Waals surface area (Å²) in [6, 6.07) is 7.93. The third-order valence-corrected chi connectivity index (χ3v) is 6.00. The summed E-state index contributed by atoms with van der Waals surface area (Å²) < 4.78 is 26.5. The Balaban J connectivity index is 1.41. The number of aryl methyl sites for hydroxylation is 1. The van der Waals surface area contributed by atoms with Crippen LogP contribution < -0.4 is 21.5 Å². The van der Waals surface area contributed by atoms with E-state index in [1.807, 2.05) is 12.1 Å². The SMILES string of the molecule is NS(=O)(=O)OC[C@@H]1C[C@@H](Nc2nc(N[C@H]3CCc4ccccc43)nc(=O)[nH]2)C[C@@H]1O. The van der Waals surface area contributed by atoms with Crippen LogP contribution in [0.2, 0.25) is 0 Å². The Morgan fingerprint density at radius 3 is 2.83 bits per heavy atom. The van der Waals surface area contributed by atoms with Crippen molar-refractivity contribution in [3.8, 4) is 0 Å². The fourth-order valence-electron chi connectivity index (χ4n) is 4.16. The van der Waals surface area contributed by atoms with E-state index in [4.69, 9.17) is 5.14 Å². The van der Waals surface area contributed by atoms with Gasteiger partial charge in [0.1, 0.15) is 0 Å². The molecule has 4 atom stereocenters. The van der Waals surface area contributed by atoms with E-state index in [2.05, 4.69) is 41.9 Å². The van der Waals surface area contributed by atoms with Crippen molar-refractivity contribution < 1.29 is 17.7 Å². The minimum atomic E-state index is -4.06. The van der Waals surface area contributed by atoms with E-state index in [0.717, 1.165) is 12.8 Å². The molecule has 162 valence electrons. The Kier molecular flexibility index (Phi) is 5.73. The van der Waals surface area contributed by atoms with Crippen LogP contribution in [0.15, 0.2) is 29.1 Å². The molecule has 2 aromatic rings. The van der Waals surface area contributed by atoms with Crippen molar-refractivity contribution in [2.24, 2.45) is 11.1 Å². The second-order valence-corrected chi connectivity index (χ2v) is 8.90. The van der Waals surface area contributed by atoms with Crippen LogP contribution in [-0.2, 0) is 20.9 Å². The average Bonchev–Trinajstić information content (AvgIpc) is 3.22. The highest BCUT2D eigenvalue weighted by atomic mass is 32.2. The van der Waals surface area contributed by atoms with Crippen LogP contribution in [-0.4, -0.2) is 47.2 Å². The molecule has 4 rings (SSSR count). The zero-order valence-electron chi connectivity index (χ0n) is 16.1. The molecule has 12 heteroatoms. The number of nitrogens with two attached hydrogens (primary N) is 1. The Labute approximate surface area is 173 Å². The number of rotatable bonds is 7. The number of nitrogens with zero attached hydrogens (tertiary/aromatic N) is 2. The summed E-state index contributed by atoms with van der Waals surface area (Å²) in [5, 5.41) is 21.3. The lowest BCUT2D eigenvalue weighted by molar-refractivity contribution is 0.101. The molecule has 0 spiro atoms. The lowest BCUT2D eigenvalue weighted by atomic mass is 10.1. The molecule has 11 nitrogen and oxygen atoms in total. The van der Waals surface area contributed by atoms with Crippen molar-refractivity contribution in [2.45, 2.75) is 43.9 Å². The summed E-state index contributed by atoms with van der Waals surface area (Å²) in [5.41, 5.74) is 1.90. The van der Waals surface area contributed by atoms with Crippen molar-refractivity contribution >= 4 is 22.2 Å². The first-order chi connectivity index (χ1) is 14.3. The lowest BCUT2D eigenvalue weighted by Gasteiger charge is -2.16. The van der Waals surface area contributed by atoms with Gasteiger partial charge >= 0.3 is 16.0 Å². The number of nitrogens with one attached hydrogen (secondary N) is 3. The van der Waals surface area contributed by atoms with Crippen molar-refractivity contribution in [1.82, 2.24) is 15.0 Å². The highest BCUT2D eigenvalue weighted by Gasteiger charge is 2.34. The van der Waals surface area contributed by atoms with Gasteiger partial charge in [-0.2, -0.15) is 18.4 Å². The van der Waals surface area contributed by atoms with E-state index in [1.54, 1.807) is 0 Å². The van der Waals surface area contributed by atoms with Crippen LogP contribution in [0.4, 0.5) is 11.9 Å². The average molecular weight is 436 g/mol. The van der Waals surface area contributed by atoms with Gasteiger partial charge in [-0.15, -0.1) is 0 Å². The molecule has 1 saturated carbocycles. The molecule has 2 aliphatic carbocycles. The van der Waals surface area contributed by atoms with Crippen molar-refractivity contribution in [3.05, 3.63) is 45.9 Å². The summed E-state index contributed by atoms with van der Waals surface area (Å²) in [5.74, 6) is 0.0478. The van der Waals surface area contributed by atoms with E-state index < -0.39 is 28.0 Å². The van der Waals surface area contributed by atoms with Crippen LogP contribution in [0.5, 0.6) is 0 Å². The Morgan fingerprint density at radius 1 is 1.23 bits per heavy atom. The first kappa shape index (κ1) is 20.7. The number of aliphatic hydroxyl groups is 1. The van der Waals surface area contributed by atoms with Crippen molar-refractivity contribution in [2.75, 3.05) is 17.2 Å². The second-order valence-electron chi connectivity index (χ2n) is 7.68. The topological polar surface area (TPSA) is 172 Å². The van der Waals surface area contributed by atoms with E-state index >= 15 is 0 Å². The van der Waals surface area contributed by atoms with Crippen molar-refractivity contribution in [3.63, 3.8) is 0 Å². The van der Waals surface area contributed by atoms with Gasteiger partial charge in [-0.25, -0.2) is 9.93 Å². The van der Waals surface area contributed by atoms with Gasteiger partial charge < -0.3 is 15.7 Å². The summed E-state index contributed by atoms with van der Waals surface area (Å²) in [4.78, 5) is 22.8. The molecule has 1 fully saturated rings. The van der Waals surface area contributed by atoms with Gasteiger partial charge in [0.25, 0.3) is 0 Å². The monoisotopic (exact) mass is 436 g/mol. The zero-order chi connectivity index (χ0) is 21.3. The number of aromatic nitrogens is 3. The number of aliphatic hydroxyl groups excluding tert-OH is 1. The van der Waals surface area contributed by atoms with Crippen LogP contribution in [0.25, 0.3) is 0 Å². The van der Waals surface area contributed by atoms with Crippen LogP contribution in [0.3, 0.4) is 0 Å². The Morgan fingerprint density at radius 2 is 2.03 bits per heavy atom. The maximum Gasteiger partial charge on any atom is 0.350 e. The normalized spacial score (nSPS) is 25.8. The maximum atomic E-state index is 12.0. The van der Waals surface area contributed by atoms with E-state index in [1.165, 1.54) is 11.1 Å². The fourth-order valence-corrected chi connectivity index (χ4v) is 4.52. The second kappa shape index (κ2) is 8.30. The number of fused-ring (bicyclic) bond motifs is 1. The van der Waals surface area contributed by atoms with Crippen LogP contribution in [0.1, 0.15) is 36.4 Å². The third-order valence-electron chi connectivity index (χ3n) is 5.53. The van der Waals surface area contributed by atoms with Gasteiger partial charge in [0.15, 0.2) is 0 Å². The minimum Gasteiger partial charge on any atom is -0.393 e.